The van der Waals surface area contributed by atoms with E-state index in [1.54, 1.807) is 24.3 Å². The van der Waals surface area contributed by atoms with Crippen LogP contribution in [0.5, 0.6) is 0 Å². The Morgan fingerprint density at radius 1 is 0.893 bits per heavy atom. The molecule has 1 saturated carbocycles. The zero-order valence-electron chi connectivity index (χ0n) is 15.7. The molecule has 5 heteroatoms. The zero-order chi connectivity index (χ0) is 19.5. The summed E-state index contributed by atoms with van der Waals surface area (Å²) in [7, 11) is 0. The van der Waals surface area contributed by atoms with Crippen LogP contribution in [0.3, 0.4) is 0 Å². The minimum atomic E-state index is -0.961. The maximum Gasteiger partial charge on any atom is 0.330 e. The van der Waals surface area contributed by atoms with Gasteiger partial charge in [-0.2, -0.15) is 0 Å². The number of imide groups is 1. The number of hydrogen-bond donors (Lipinski definition) is 0. The lowest BCUT2D eigenvalue weighted by molar-refractivity contribution is -0.155. The van der Waals surface area contributed by atoms with Gasteiger partial charge in [0.05, 0.1) is 11.1 Å². The molecule has 2 amide bonds. The van der Waals surface area contributed by atoms with Crippen molar-refractivity contribution in [3.8, 4) is 0 Å². The van der Waals surface area contributed by atoms with E-state index >= 15 is 0 Å². The van der Waals surface area contributed by atoms with Gasteiger partial charge in [-0.05, 0) is 43.4 Å². The van der Waals surface area contributed by atoms with Crippen LogP contribution < -0.4 is 0 Å². The van der Waals surface area contributed by atoms with Crippen LogP contribution in [0.1, 0.15) is 58.4 Å². The van der Waals surface area contributed by atoms with Gasteiger partial charge in [0.2, 0.25) is 0 Å². The third-order valence-corrected chi connectivity index (χ3v) is 5.52. The van der Waals surface area contributed by atoms with Crippen molar-refractivity contribution in [2.75, 3.05) is 0 Å². The molecule has 0 bridgehead atoms. The van der Waals surface area contributed by atoms with E-state index in [0.717, 1.165) is 42.6 Å². The second-order valence-corrected chi connectivity index (χ2v) is 7.43. The fourth-order valence-corrected chi connectivity index (χ4v) is 4.03. The first-order chi connectivity index (χ1) is 13.6. The lowest BCUT2D eigenvalue weighted by atomic mass is 9.97. The summed E-state index contributed by atoms with van der Waals surface area (Å²) in [5.41, 5.74) is 1.57. The van der Waals surface area contributed by atoms with Gasteiger partial charge in [-0.25, -0.2) is 4.79 Å². The minimum Gasteiger partial charge on any atom is -0.461 e. The fraction of sp³-hybridized carbons (Fsp3) is 0.348. The van der Waals surface area contributed by atoms with E-state index in [0.29, 0.717) is 11.1 Å². The molecule has 0 aromatic heterocycles. The minimum absolute atomic E-state index is 0.130. The molecule has 1 aliphatic heterocycles. The first-order valence-electron chi connectivity index (χ1n) is 9.86. The van der Waals surface area contributed by atoms with Crippen molar-refractivity contribution in [1.82, 2.24) is 4.90 Å². The summed E-state index contributed by atoms with van der Waals surface area (Å²) in [6.07, 6.45) is 5.02. The summed E-state index contributed by atoms with van der Waals surface area (Å²) < 4.78 is 5.75. The molecule has 2 aliphatic rings. The average Bonchev–Trinajstić information content (AvgIpc) is 2.98. The third-order valence-electron chi connectivity index (χ3n) is 5.52. The molecule has 5 nitrogen and oxygen atoms in total. The number of carbonyl (C=O) groups is 3. The van der Waals surface area contributed by atoms with Gasteiger partial charge in [-0.1, -0.05) is 48.9 Å². The molecule has 144 valence electrons. The predicted octanol–water partition coefficient (Wildman–Crippen LogP) is 3.77. The van der Waals surface area contributed by atoms with Crippen LogP contribution in [-0.4, -0.2) is 34.8 Å². The molecule has 2 aromatic rings. The predicted molar refractivity (Wildman–Crippen MR) is 104 cm³/mol. The van der Waals surface area contributed by atoms with Crippen LogP contribution in [0.25, 0.3) is 0 Å². The summed E-state index contributed by atoms with van der Waals surface area (Å²) in [4.78, 5) is 40.0. The molecule has 1 fully saturated rings. The number of nitrogens with zero attached hydrogens (tertiary/aromatic N) is 1. The smallest absolute Gasteiger partial charge is 0.330 e. The van der Waals surface area contributed by atoms with E-state index < -0.39 is 23.8 Å². The highest BCUT2D eigenvalue weighted by atomic mass is 16.5. The van der Waals surface area contributed by atoms with Crippen LogP contribution in [0, 0.1) is 0 Å². The third kappa shape index (κ3) is 3.57. The van der Waals surface area contributed by atoms with Crippen LogP contribution in [-0.2, 0) is 16.0 Å². The highest BCUT2D eigenvalue weighted by molar-refractivity contribution is 6.22. The van der Waals surface area contributed by atoms with E-state index in [4.69, 9.17) is 4.74 Å². The first kappa shape index (κ1) is 18.4. The van der Waals surface area contributed by atoms with Gasteiger partial charge in [0.15, 0.2) is 0 Å². The molecule has 0 unspecified atom stereocenters. The van der Waals surface area contributed by atoms with E-state index in [9.17, 15) is 14.4 Å². The molecule has 0 spiro atoms. The number of fused-ring (bicyclic) bond motifs is 1. The second-order valence-electron chi connectivity index (χ2n) is 7.43. The van der Waals surface area contributed by atoms with Gasteiger partial charge >= 0.3 is 5.97 Å². The first-order valence-corrected chi connectivity index (χ1v) is 9.86. The monoisotopic (exact) mass is 377 g/mol. The van der Waals surface area contributed by atoms with Crippen LogP contribution in [0.4, 0.5) is 0 Å². The summed E-state index contributed by atoms with van der Waals surface area (Å²) in [5.74, 6) is -1.35. The molecule has 1 heterocycles. The van der Waals surface area contributed by atoms with Crippen LogP contribution in [0.15, 0.2) is 54.6 Å². The summed E-state index contributed by atoms with van der Waals surface area (Å²) in [6, 6.07) is 15.2. The Hall–Kier alpha value is -2.95. The van der Waals surface area contributed by atoms with E-state index in [1.807, 2.05) is 30.3 Å². The Labute approximate surface area is 164 Å². The van der Waals surface area contributed by atoms with Crippen molar-refractivity contribution >= 4 is 17.8 Å². The SMILES string of the molecule is O=C(OC1CCCCC1)[C@@H](Cc1ccccc1)N1C(=O)c2ccccc2C1=O. The summed E-state index contributed by atoms with van der Waals surface area (Å²) in [5, 5.41) is 0. The standard InChI is InChI=1S/C23H23NO4/c25-21-18-13-7-8-14-19(18)22(26)24(21)20(15-16-9-3-1-4-10-16)23(27)28-17-11-5-2-6-12-17/h1,3-4,7-10,13-14,17,20H,2,5-6,11-12,15H2/t20-/m1/s1. The largest absolute Gasteiger partial charge is 0.461 e. The Morgan fingerprint density at radius 2 is 1.46 bits per heavy atom. The van der Waals surface area contributed by atoms with Gasteiger partial charge in [-0.3, -0.25) is 14.5 Å². The van der Waals surface area contributed by atoms with Gasteiger partial charge < -0.3 is 4.74 Å². The Balaban J connectivity index is 1.62. The Morgan fingerprint density at radius 3 is 2.07 bits per heavy atom. The van der Waals surface area contributed by atoms with Crippen LogP contribution >= 0.6 is 0 Å². The average molecular weight is 377 g/mol. The van der Waals surface area contributed by atoms with Crippen molar-refractivity contribution in [3.05, 3.63) is 71.3 Å². The topological polar surface area (TPSA) is 63.7 Å². The van der Waals surface area contributed by atoms with Gasteiger partial charge in [0.1, 0.15) is 12.1 Å². The molecule has 1 aliphatic carbocycles. The van der Waals surface area contributed by atoms with Crippen molar-refractivity contribution in [1.29, 1.82) is 0 Å². The van der Waals surface area contributed by atoms with Crippen molar-refractivity contribution in [2.45, 2.75) is 50.7 Å². The molecular formula is C23H23NO4. The highest BCUT2D eigenvalue weighted by Gasteiger charge is 2.43. The zero-order valence-corrected chi connectivity index (χ0v) is 15.7. The number of amides is 2. The van der Waals surface area contributed by atoms with E-state index in [1.165, 1.54) is 0 Å². The molecule has 28 heavy (non-hydrogen) atoms. The molecule has 0 radical (unpaired) electrons. The number of rotatable bonds is 5. The van der Waals surface area contributed by atoms with Gasteiger partial charge in [0, 0.05) is 6.42 Å². The lowest BCUT2D eigenvalue weighted by Gasteiger charge is -2.28. The Kier molecular flexibility index (Phi) is 5.24. The molecule has 0 saturated heterocycles. The second kappa shape index (κ2) is 7.97. The van der Waals surface area contributed by atoms with Gasteiger partial charge in [0.25, 0.3) is 11.8 Å². The van der Waals surface area contributed by atoms with Crippen molar-refractivity contribution in [3.63, 3.8) is 0 Å². The van der Waals surface area contributed by atoms with Crippen molar-refractivity contribution in [2.24, 2.45) is 0 Å². The molecular weight excluding hydrogens is 354 g/mol. The summed E-state index contributed by atoms with van der Waals surface area (Å²) in [6.45, 7) is 0. The summed E-state index contributed by atoms with van der Waals surface area (Å²) >= 11 is 0. The number of benzene rings is 2. The molecule has 4 rings (SSSR count). The maximum absolute atomic E-state index is 13.1. The normalized spacial score (nSPS) is 18.1. The quantitative estimate of drug-likeness (QED) is 0.588. The highest BCUT2D eigenvalue weighted by Crippen LogP contribution is 2.28. The number of esters is 1. The fourth-order valence-electron chi connectivity index (χ4n) is 4.03. The van der Waals surface area contributed by atoms with Gasteiger partial charge in [-0.15, -0.1) is 0 Å². The van der Waals surface area contributed by atoms with E-state index in [-0.39, 0.29) is 12.5 Å². The number of carbonyl (C=O) groups excluding carboxylic acids is 3. The Bertz CT molecular complexity index is 851. The number of ether oxygens (including phenoxy) is 1. The van der Waals surface area contributed by atoms with Crippen LogP contribution in [0.2, 0.25) is 0 Å². The molecule has 1 atom stereocenters. The lowest BCUT2D eigenvalue weighted by Crippen LogP contribution is -2.48. The molecule has 0 N–H and O–H groups in total. The maximum atomic E-state index is 13.1. The van der Waals surface area contributed by atoms with E-state index in [2.05, 4.69) is 0 Å². The number of hydrogen-bond acceptors (Lipinski definition) is 4. The van der Waals surface area contributed by atoms with Crippen molar-refractivity contribution < 1.29 is 19.1 Å². The molecule has 2 aromatic carbocycles.